The Morgan fingerprint density at radius 3 is 2.14 bits per heavy atom. The van der Waals surface area contributed by atoms with Gasteiger partial charge in [-0.3, -0.25) is 4.79 Å². The molecule has 0 saturated carbocycles. The molecule has 2 nitrogen and oxygen atoms in total. The minimum atomic E-state index is -0.526. The third-order valence-electron chi connectivity index (χ3n) is 1.83. The van der Waals surface area contributed by atoms with Gasteiger partial charge >= 0.3 is 5.37 Å². The number of anilines is 1. The highest BCUT2D eigenvalue weighted by molar-refractivity contribution is 6.66. The van der Waals surface area contributed by atoms with E-state index in [-0.39, 0.29) is 0 Å². The van der Waals surface area contributed by atoms with E-state index in [2.05, 4.69) is 6.58 Å². The Hall–Kier alpha value is -0.990. The van der Waals surface area contributed by atoms with E-state index in [1.807, 2.05) is 0 Å². The summed E-state index contributed by atoms with van der Waals surface area (Å²) in [5, 5.41) is -0.0566. The fraction of sp³-hybridized carbons (Fsp3) is 0.100. The molecule has 0 aliphatic carbocycles. The number of rotatable bonds is 2. The number of amides is 1. The predicted molar refractivity (Wildman–Crippen MR) is 61.0 cm³/mol. The van der Waals surface area contributed by atoms with Crippen LogP contribution < -0.4 is 4.90 Å². The van der Waals surface area contributed by atoms with Crippen molar-refractivity contribution in [2.24, 2.45) is 0 Å². The predicted octanol–water partition coefficient (Wildman–Crippen LogP) is 3.69. The monoisotopic (exact) mass is 229 g/mol. The van der Waals surface area contributed by atoms with Crippen molar-refractivity contribution in [1.82, 2.24) is 0 Å². The van der Waals surface area contributed by atoms with Gasteiger partial charge in [0.15, 0.2) is 0 Å². The molecule has 1 rings (SSSR count). The summed E-state index contributed by atoms with van der Waals surface area (Å²) in [6.45, 7) is 3.59. The van der Waals surface area contributed by atoms with Crippen LogP contribution >= 0.6 is 23.2 Å². The van der Waals surface area contributed by atoms with E-state index in [1.165, 1.54) is 4.90 Å². The molecule has 0 radical (unpaired) electrons. The van der Waals surface area contributed by atoms with E-state index in [4.69, 9.17) is 23.2 Å². The van der Waals surface area contributed by atoms with E-state index in [1.54, 1.807) is 31.3 Å². The highest BCUT2D eigenvalue weighted by Crippen LogP contribution is 2.21. The van der Waals surface area contributed by atoms with Crippen molar-refractivity contribution >= 4 is 39.3 Å². The van der Waals surface area contributed by atoms with Crippen LogP contribution in [0.3, 0.4) is 0 Å². The first-order chi connectivity index (χ1) is 6.52. The second kappa shape index (κ2) is 4.49. The van der Waals surface area contributed by atoms with Crippen molar-refractivity contribution in [3.8, 4) is 0 Å². The van der Waals surface area contributed by atoms with Crippen molar-refractivity contribution in [3.63, 3.8) is 0 Å². The third kappa shape index (κ3) is 2.50. The van der Waals surface area contributed by atoms with Gasteiger partial charge in [-0.15, -0.1) is 0 Å². The minimum Gasteiger partial charge on any atom is -0.302 e. The maximum absolute atomic E-state index is 10.8. The molecule has 0 unspecified atom stereocenters. The van der Waals surface area contributed by atoms with Gasteiger partial charge in [0.05, 0.1) is 0 Å². The van der Waals surface area contributed by atoms with Crippen LogP contribution in [0.25, 0.3) is 5.03 Å². The molecule has 0 N–H and O–H groups in total. The zero-order chi connectivity index (χ0) is 10.7. The lowest BCUT2D eigenvalue weighted by Crippen LogP contribution is -2.19. The van der Waals surface area contributed by atoms with Crippen molar-refractivity contribution in [2.45, 2.75) is 0 Å². The minimum absolute atomic E-state index is 0.469. The number of halogens is 2. The summed E-state index contributed by atoms with van der Waals surface area (Å²) in [5.74, 6) is 0. The fourth-order valence-corrected chi connectivity index (χ4v) is 1.19. The van der Waals surface area contributed by atoms with Gasteiger partial charge in [0.1, 0.15) is 0 Å². The van der Waals surface area contributed by atoms with Crippen LogP contribution in [0, 0.1) is 0 Å². The van der Waals surface area contributed by atoms with Gasteiger partial charge in [0, 0.05) is 17.8 Å². The summed E-state index contributed by atoms with van der Waals surface area (Å²) in [5.41, 5.74) is 1.54. The lowest BCUT2D eigenvalue weighted by Gasteiger charge is -2.13. The lowest BCUT2D eigenvalue weighted by atomic mass is 10.2. The van der Waals surface area contributed by atoms with Gasteiger partial charge in [-0.2, -0.15) is 0 Å². The number of carbonyl (C=O) groups excluding carboxylic acids is 1. The van der Waals surface area contributed by atoms with Crippen LogP contribution in [0.15, 0.2) is 30.8 Å². The first-order valence-corrected chi connectivity index (χ1v) is 4.66. The summed E-state index contributed by atoms with van der Waals surface area (Å²) in [7, 11) is 1.60. The first kappa shape index (κ1) is 11.1. The molecule has 0 aromatic heterocycles. The molecule has 1 aromatic carbocycles. The molecule has 74 valence electrons. The average molecular weight is 230 g/mol. The Balaban J connectivity index is 2.94. The van der Waals surface area contributed by atoms with Gasteiger partial charge in [-0.05, 0) is 29.3 Å². The molecule has 0 saturated heterocycles. The summed E-state index contributed by atoms with van der Waals surface area (Å²) in [6.07, 6.45) is 0. The molecule has 0 aliphatic rings. The van der Waals surface area contributed by atoms with Crippen LogP contribution in [0.5, 0.6) is 0 Å². The van der Waals surface area contributed by atoms with Crippen molar-refractivity contribution in [2.75, 3.05) is 11.9 Å². The first-order valence-electron chi connectivity index (χ1n) is 3.90. The molecule has 0 spiro atoms. The standard InChI is InChI=1S/C10H9Cl2NO/c1-7(11)8-3-5-9(6-4-8)13(2)10(12)14/h3-6H,1H2,2H3. The zero-order valence-corrected chi connectivity index (χ0v) is 9.14. The molecule has 0 aliphatic heterocycles. The Bertz CT molecular complexity index is 359. The maximum Gasteiger partial charge on any atom is 0.320 e. The largest absolute Gasteiger partial charge is 0.320 e. The van der Waals surface area contributed by atoms with Gasteiger partial charge in [0.25, 0.3) is 0 Å². The Morgan fingerprint density at radius 2 is 1.79 bits per heavy atom. The molecule has 0 fully saturated rings. The van der Waals surface area contributed by atoms with Crippen LogP contribution in [0.2, 0.25) is 0 Å². The molecule has 1 amide bonds. The van der Waals surface area contributed by atoms with Crippen LogP contribution in [-0.2, 0) is 0 Å². The summed E-state index contributed by atoms with van der Waals surface area (Å²) in [6, 6.07) is 7.06. The van der Waals surface area contributed by atoms with Gasteiger partial charge in [0.2, 0.25) is 0 Å². The zero-order valence-electron chi connectivity index (χ0n) is 7.63. The number of benzene rings is 1. The summed E-state index contributed by atoms with van der Waals surface area (Å²) < 4.78 is 0. The highest BCUT2D eigenvalue weighted by Gasteiger charge is 2.06. The normalized spacial score (nSPS) is 9.64. The molecular weight excluding hydrogens is 221 g/mol. The van der Waals surface area contributed by atoms with Crippen molar-refractivity contribution in [3.05, 3.63) is 36.4 Å². The summed E-state index contributed by atoms with van der Waals surface area (Å²) >= 11 is 11.0. The van der Waals surface area contributed by atoms with Gasteiger partial charge in [-0.25, -0.2) is 0 Å². The lowest BCUT2D eigenvalue weighted by molar-refractivity contribution is 0.265. The van der Waals surface area contributed by atoms with Crippen molar-refractivity contribution in [1.29, 1.82) is 0 Å². The topological polar surface area (TPSA) is 20.3 Å². The van der Waals surface area contributed by atoms with Gasteiger partial charge < -0.3 is 4.90 Å². The van der Waals surface area contributed by atoms with E-state index >= 15 is 0 Å². The van der Waals surface area contributed by atoms with Crippen molar-refractivity contribution < 1.29 is 4.79 Å². The van der Waals surface area contributed by atoms with Crippen LogP contribution in [0.1, 0.15) is 5.56 Å². The number of carbonyl (C=O) groups is 1. The second-order valence-electron chi connectivity index (χ2n) is 2.76. The molecule has 0 atom stereocenters. The van der Waals surface area contributed by atoms with E-state index in [0.717, 1.165) is 5.56 Å². The average Bonchev–Trinajstić information content (AvgIpc) is 2.16. The fourth-order valence-electron chi connectivity index (χ4n) is 0.967. The maximum atomic E-state index is 10.8. The smallest absolute Gasteiger partial charge is 0.302 e. The number of nitrogens with zero attached hydrogens (tertiary/aromatic N) is 1. The van der Waals surface area contributed by atoms with E-state index in [0.29, 0.717) is 10.7 Å². The quantitative estimate of drug-likeness (QED) is 0.560. The van der Waals surface area contributed by atoms with Gasteiger partial charge in [-0.1, -0.05) is 30.3 Å². The molecule has 4 heteroatoms. The molecule has 14 heavy (non-hydrogen) atoms. The van der Waals surface area contributed by atoms with Crippen LogP contribution in [-0.4, -0.2) is 12.4 Å². The highest BCUT2D eigenvalue weighted by atomic mass is 35.5. The molecular formula is C10H9Cl2NO. The molecule has 0 heterocycles. The molecule has 1 aromatic rings. The second-order valence-corrected chi connectivity index (χ2v) is 3.54. The SMILES string of the molecule is C=C(Cl)c1ccc(N(C)C(=O)Cl)cc1. The van der Waals surface area contributed by atoms with E-state index in [9.17, 15) is 4.79 Å². The van der Waals surface area contributed by atoms with Crippen LogP contribution in [0.4, 0.5) is 10.5 Å². The number of hydrogen-bond donors (Lipinski definition) is 0. The third-order valence-corrected chi connectivity index (χ3v) is 2.30. The Labute approximate surface area is 92.7 Å². The number of hydrogen-bond acceptors (Lipinski definition) is 1. The Morgan fingerprint density at radius 1 is 1.29 bits per heavy atom. The Kier molecular flexibility index (Phi) is 3.55. The summed E-state index contributed by atoms with van der Waals surface area (Å²) in [4.78, 5) is 12.1. The van der Waals surface area contributed by atoms with E-state index < -0.39 is 5.37 Å². The molecule has 0 bridgehead atoms.